The van der Waals surface area contributed by atoms with Crippen molar-refractivity contribution >= 4 is 147 Å². The highest BCUT2D eigenvalue weighted by Crippen LogP contribution is 2.31. The average Bonchev–Trinajstić information content (AvgIpc) is 1.66. The molecule has 654 valence electrons. The molecule has 21 aromatic rings. The second-order valence-corrected chi connectivity index (χ2v) is 34.8. The Labute approximate surface area is 768 Å². The molecule has 28 rings (SSSR count). The fraction of sp³-hybridized carbons (Fsp3) is 0.0935. The number of imidazole rings is 1. The molecule has 14 heterocycles. The number of ether oxygens (including phenoxy) is 4. The van der Waals surface area contributed by atoms with Crippen molar-refractivity contribution in [3.63, 3.8) is 0 Å². The first-order valence-corrected chi connectivity index (χ1v) is 47.0. The molecule has 0 bridgehead atoms. The molecular formula is C107H92N10O10S4. The summed E-state index contributed by atoms with van der Waals surface area (Å²) in [5.41, 5.74) is 19.5. The highest BCUT2D eigenvalue weighted by atomic mass is 32.2. The van der Waals surface area contributed by atoms with Crippen molar-refractivity contribution in [2.75, 3.05) is 24.2 Å². The number of para-hydroxylation sites is 11. The Morgan fingerprint density at radius 3 is 1.65 bits per heavy atom. The van der Waals surface area contributed by atoms with Gasteiger partial charge in [-0.05, 0) is 189 Å². The number of nitrogens with zero attached hydrogens (tertiary/aromatic N) is 5. The molecule has 0 fully saturated rings. The Bertz CT molecular complexity index is 6290. The number of esters is 2. The minimum absolute atomic E-state index is 0.152. The van der Waals surface area contributed by atoms with Gasteiger partial charge in [-0.25, -0.2) is 23.2 Å². The third-order valence-corrected chi connectivity index (χ3v) is 25.4. The van der Waals surface area contributed by atoms with Crippen molar-refractivity contribution in [2.45, 2.75) is 55.3 Å². The lowest BCUT2D eigenvalue weighted by molar-refractivity contribution is -0.131. The van der Waals surface area contributed by atoms with E-state index < -0.39 is 20.6 Å². The summed E-state index contributed by atoms with van der Waals surface area (Å²) < 4.78 is 61.4. The molecule has 20 nitrogen and oxygen atoms in total. The fourth-order valence-corrected chi connectivity index (χ4v) is 18.0. The number of carbonyl (C=O) groups excluding carboxylic acids is 2. The van der Waals surface area contributed by atoms with Crippen LogP contribution < -0.4 is 14.8 Å². The molecule has 0 spiro atoms. The van der Waals surface area contributed by atoms with Gasteiger partial charge in [-0.15, -0.1) is 22.7 Å². The fourth-order valence-electron chi connectivity index (χ4n) is 14.1. The van der Waals surface area contributed by atoms with Crippen molar-refractivity contribution in [1.29, 1.82) is 0 Å². The zero-order valence-electron chi connectivity index (χ0n) is 71.2. The third-order valence-electron chi connectivity index (χ3n) is 20.8. The topological polar surface area (TPSA) is 275 Å². The Morgan fingerprint density at radius 2 is 0.992 bits per heavy atom. The largest absolute Gasteiger partial charge is 0.493 e. The van der Waals surface area contributed by atoms with Crippen LogP contribution in [0, 0.1) is 0 Å². The number of furan rings is 1. The van der Waals surface area contributed by atoms with Gasteiger partial charge in [0, 0.05) is 72.3 Å². The summed E-state index contributed by atoms with van der Waals surface area (Å²) in [6, 6.07) is 119. The molecule has 1 atom stereocenters. The Balaban J connectivity index is 0.000000108. The zero-order chi connectivity index (χ0) is 89.9. The number of sulfone groups is 1. The van der Waals surface area contributed by atoms with Crippen molar-refractivity contribution in [3.05, 3.63) is 444 Å². The molecule has 0 saturated carbocycles. The number of aromatic amines is 4. The molecule has 7 aliphatic heterocycles. The van der Waals surface area contributed by atoms with Crippen LogP contribution in [0.4, 0.5) is 11.4 Å². The van der Waals surface area contributed by atoms with Crippen LogP contribution in [-0.4, -0.2) is 89.6 Å². The summed E-state index contributed by atoms with van der Waals surface area (Å²) in [6.45, 7) is 4.01. The molecule has 0 amide bonds. The second-order valence-electron chi connectivity index (χ2n) is 29.6. The minimum atomic E-state index is -3.20. The van der Waals surface area contributed by atoms with Gasteiger partial charge in [-0.2, -0.15) is 20.5 Å². The van der Waals surface area contributed by atoms with Crippen molar-refractivity contribution in [3.8, 4) is 11.5 Å². The quantitative estimate of drug-likeness (QED) is 0.0697. The van der Waals surface area contributed by atoms with Crippen LogP contribution in [0.5, 0.6) is 11.5 Å². The molecule has 7 aromatic heterocycles. The Morgan fingerprint density at radius 1 is 0.427 bits per heavy atom. The summed E-state index contributed by atoms with van der Waals surface area (Å²) in [6.07, 6.45) is 10.8. The van der Waals surface area contributed by atoms with E-state index in [1.807, 2.05) is 213 Å². The smallest absolute Gasteiger partial charge is 0.338 e. The summed E-state index contributed by atoms with van der Waals surface area (Å²) in [5, 5.41) is 30.9. The number of rotatable bonds is 0. The number of hydrogen-bond acceptors (Lipinski definition) is 18. The first-order valence-electron chi connectivity index (χ1n) is 42.3. The molecule has 5 N–H and O–H groups in total. The van der Waals surface area contributed by atoms with Gasteiger partial charge in [0.1, 0.15) is 40.3 Å². The minimum Gasteiger partial charge on any atom is -0.493 e. The summed E-state index contributed by atoms with van der Waals surface area (Å²) in [4.78, 5) is 36.8. The number of aliphatic imine (C=N–C) groups is 1. The summed E-state index contributed by atoms with van der Waals surface area (Å²) in [7, 11) is -3.90. The first kappa shape index (κ1) is 90.5. The highest BCUT2D eigenvalue weighted by molar-refractivity contribution is 8.05. The number of nitrogens with one attached hydrogen (secondary N) is 5. The van der Waals surface area contributed by atoms with Crippen LogP contribution in [0.15, 0.2) is 419 Å². The number of fused-ring (bicyclic) bond motifs is 14. The van der Waals surface area contributed by atoms with E-state index in [2.05, 4.69) is 189 Å². The zero-order valence-corrected chi connectivity index (χ0v) is 74.5. The normalized spacial score (nSPS) is 13.5. The number of cyclic esters (lactones) is 1. The van der Waals surface area contributed by atoms with Crippen LogP contribution in [0.25, 0.3) is 75.0 Å². The monoisotopic (exact) mass is 1800 g/mol. The lowest BCUT2D eigenvalue weighted by atomic mass is 10.1. The van der Waals surface area contributed by atoms with Crippen molar-refractivity contribution in [1.82, 2.24) is 40.6 Å². The number of carbonyl (C=O) groups is 2. The van der Waals surface area contributed by atoms with Gasteiger partial charge in [0.2, 0.25) is 9.84 Å². The van der Waals surface area contributed by atoms with E-state index >= 15 is 0 Å². The summed E-state index contributed by atoms with van der Waals surface area (Å²) >= 11 is 3.57. The number of benzene rings is 14. The number of aryl methyl sites for hydroxylation is 1. The highest BCUT2D eigenvalue weighted by Gasteiger charge is 2.22. The van der Waals surface area contributed by atoms with Gasteiger partial charge in [0.05, 0.1) is 88.5 Å². The van der Waals surface area contributed by atoms with E-state index in [0.717, 1.165) is 116 Å². The van der Waals surface area contributed by atoms with Crippen molar-refractivity contribution in [2.24, 2.45) is 4.99 Å². The molecule has 14 aromatic carbocycles. The van der Waals surface area contributed by atoms with Gasteiger partial charge >= 0.3 is 11.9 Å². The van der Waals surface area contributed by atoms with E-state index in [9.17, 15) is 22.2 Å². The van der Waals surface area contributed by atoms with Crippen LogP contribution in [-0.2, 0) is 80.4 Å². The molecule has 0 aliphatic carbocycles. The van der Waals surface area contributed by atoms with Gasteiger partial charge < -0.3 is 38.6 Å². The molecule has 24 heteroatoms. The molecule has 131 heavy (non-hydrogen) atoms. The SMILES string of the molecule is O=C1Cc2ccccc2O1.O=C1OCc2ccccc21.O=S1(=O)C=Nc2ccccc21.O=S1CCc2ccccc21.c1ccc2[nH]ccc2c1.c1ccc2[nH]cnc2c1.c1ccc2[nH]ncc2c1.c1ccc2c(c1)CCN2.c1ccc2c(c1)CCO2.c1ccc2c(c1)COC2.c1ccc2n[nH]nc2c1.c1ccc2occc2c1.c1ccc2sccc2c1.c1ccc2sccc2c1. The van der Waals surface area contributed by atoms with E-state index in [1.54, 1.807) is 71.7 Å². The lowest BCUT2D eigenvalue weighted by Crippen LogP contribution is -1.99. The van der Waals surface area contributed by atoms with Gasteiger partial charge in [0.25, 0.3) is 0 Å². The maximum Gasteiger partial charge on any atom is 0.338 e. The number of anilines is 1. The van der Waals surface area contributed by atoms with Crippen LogP contribution in [0.3, 0.4) is 0 Å². The Kier molecular flexibility index (Phi) is 32.4. The number of aromatic nitrogens is 8. The second kappa shape index (κ2) is 47.0. The van der Waals surface area contributed by atoms with E-state index in [0.29, 0.717) is 34.9 Å². The molecular weight excluding hydrogens is 1710 g/mol. The predicted octanol–water partition coefficient (Wildman–Crippen LogP) is 24.5. The summed E-state index contributed by atoms with van der Waals surface area (Å²) in [5.74, 6) is 2.25. The average molecular weight is 1810 g/mol. The van der Waals surface area contributed by atoms with Crippen molar-refractivity contribution < 1.29 is 45.6 Å². The van der Waals surface area contributed by atoms with Gasteiger partial charge in [-0.1, -0.05) is 243 Å². The molecule has 1 unspecified atom stereocenters. The Hall–Kier alpha value is -15.3. The molecule has 0 saturated heterocycles. The van der Waals surface area contributed by atoms with Gasteiger partial charge in [0.15, 0.2) is 0 Å². The van der Waals surface area contributed by atoms with Crippen LogP contribution in [0.2, 0.25) is 0 Å². The van der Waals surface area contributed by atoms with E-state index in [-0.39, 0.29) is 11.9 Å². The number of hydrogen-bond donors (Lipinski definition) is 5. The molecule has 7 aliphatic rings. The maximum atomic E-state index is 11.2. The van der Waals surface area contributed by atoms with E-state index in [1.165, 1.54) is 71.0 Å². The predicted molar refractivity (Wildman–Crippen MR) is 528 cm³/mol. The van der Waals surface area contributed by atoms with Gasteiger partial charge in [-0.3, -0.25) is 14.1 Å². The van der Waals surface area contributed by atoms with Crippen LogP contribution >= 0.6 is 22.7 Å². The number of thiophene rings is 2. The van der Waals surface area contributed by atoms with E-state index in [4.69, 9.17) is 23.4 Å². The van der Waals surface area contributed by atoms with Crippen LogP contribution in [0.1, 0.15) is 49.3 Å². The lowest BCUT2D eigenvalue weighted by Gasteiger charge is -1.94. The molecule has 0 radical (unpaired) electrons. The number of H-pyrrole nitrogens is 4. The third kappa shape index (κ3) is 26.0. The standard InChI is InChI=1S/C8H9N.C8H7N.2C8H6O2.C8H8OS.2C8H8O.C8H6O.2C8H6S.2C7H6N2.C7H5NO2S.C6H5N3/c2*1-2-4-8-7(3-1)5-6-9-8;9-8-7-4-2-1-3-6(7)5-10-8;9-8-5-6-3-1-2-4-7(6)10-8;9-10-6-5-7-3-1-2-4-8(7)10;1-2-4-8-6-9-5-7(8)3-1;4*1-2-4-8-7(3-1)5-6-9-8;1-2-4-7-6(3-1)8-5-9-7;1-2-4-7-6(3-1)5-8-9-7;9-11(10)5-8-6-3-1-2-4-7(6)11;1-2-4-6-5(3-1)7-9-8-6/h1-4,9H,5-6H2;1-6,9H;2*1-4H,5H2;1-4H,5-6H2;2*1-4H,5-6H2;3*1-6H;2*1-5H,(H,8,9);1-5H;1-4H,(H,7,8,9). The maximum absolute atomic E-state index is 11.2. The first-order chi connectivity index (χ1) is 64.5.